The summed E-state index contributed by atoms with van der Waals surface area (Å²) in [6.45, 7) is 0. The van der Waals surface area contributed by atoms with E-state index < -0.39 is 0 Å². The zero-order chi connectivity index (χ0) is 16.7. The summed E-state index contributed by atoms with van der Waals surface area (Å²) in [5, 5.41) is 2.77. The summed E-state index contributed by atoms with van der Waals surface area (Å²) >= 11 is 0. The first-order valence-corrected chi connectivity index (χ1v) is 7.02. The number of carbonyl (C=O) groups excluding carboxylic acids is 1. The standard InChI is InChI=1S/C18H19NO4/c1-21-14-9-10-16(22-2)13(12-14)8-11-18(20)19-15-6-4-5-7-17(15)23-3/h4-12H,1-3H3,(H,19,20)/b11-8+. The summed E-state index contributed by atoms with van der Waals surface area (Å²) < 4.78 is 15.7. The highest BCUT2D eigenvalue weighted by Crippen LogP contribution is 2.26. The molecule has 0 aliphatic rings. The van der Waals surface area contributed by atoms with Crippen LogP contribution in [0.3, 0.4) is 0 Å². The number of para-hydroxylation sites is 2. The van der Waals surface area contributed by atoms with Crippen molar-refractivity contribution >= 4 is 17.7 Å². The first-order chi connectivity index (χ1) is 11.2. The van der Waals surface area contributed by atoms with Gasteiger partial charge < -0.3 is 19.5 Å². The minimum absolute atomic E-state index is 0.264. The van der Waals surface area contributed by atoms with E-state index in [1.807, 2.05) is 12.1 Å². The van der Waals surface area contributed by atoms with Crippen molar-refractivity contribution in [3.63, 3.8) is 0 Å². The van der Waals surface area contributed by atoms with Gasteiger partial charge in [-0.2, -0.15) is 0 Å². The second kappa shape index (κ2) is 7.89. The summed E-state index contributed by atoms with van der Waals surface area (Å²) in [6.07, 6.45) is 3.11. The van der Waals surface area contributed by atoms with Crippen LogP contribution in [0, 0.1) is 0 Å². The van der Waals surface area contributed by atoms with Crippen LogP contribution in [0.5, 0.6) is 17.2 Å². The zero-order valence-corrected chi connectivity index (χ0v) is 13.3. The Labute approximate surface area is 135 Å². The molecule has 0 bridgehead atoms. The van der Waals surface area contributed by atoms with E-state index >= 15 is 0 Å². The van der Waals surface area contributed by atoms with Crippen LogP contribution in [0.4, 0.5) is 5.69 Å². The third-order valence-electron chi connectivity index (χ3n) is 3.22. The number of anilines is 1. The van der Waals surface area contributed by atoms with E-state index in [2.05, 4.69) is 5.32 Å². The first-order valence-electron chi connectivity index (χ1n) is 7.02. The van der Waals surface area contributed by atoms with E-state index in [1.54, 1.807) is 57.7 Å². The molecule has 0 heterocycles. The van der Waals surface area contributed by atoms with E-state index in [0.29, 0.717) is 22.9 Å². The van der Waals surface area contributed by atoms with Crippen LogP contribution in [-0.4, -0.2) is 27.2 Å². The maximum Gasteiger partial charge on any atom is 0.248 e. The number of ether oxygens (including phenoxy) is 3. The van der Waals surface area contributed by atoms with Gasteiger partial charge in [0.1, 0.15) is 17.2 Å². The Morgan fingerprint density at radius 3 is 2.39 bits per heavy atom. The van der Waals surface area contributed by atoms with Crippen molar-refractivity contribution in [3.8, 4) is 17.2 Å². The van der Waals surface area contributed by atoms with Gasteiger partial charge in [-0.3, -0.25) is 4.79 Å². The summed E-state index contributed by atoms with van der Waals surface area (Å²) in [5.74, 6) is 1.69. The fourth-order valence-electron chi connectivity index (χ4n) is 2.06. The van der Waals surface area contributed by atoms with Crippen molar-refractivity contribution < 1.29 is 19.0 Å². The maximum absolute atomic E-state index is 12.1. The van der Waals surface area contributed by atoms with Gasteiger partial charge in [-0.25, -0.2) is 0 Å². The van der Waals surface area contributed by atoms with Crippen LogP contribution < -0.4 is 19.5 Å². The fourth-order valence-corrected chi connectivity index (χ4v) is 2.06. The van der Waals surface area contributed by atoms with Gasteiger partial charge in [0, 0.05) is 11.6 Å². The average molecular weight is 313 g/mol. The number of hydrogen-bond acceptors (Lipinski definition) is 4. The Morgan fingerprint density at radius 2 is 1.70 bits per heavy atom. The van der Waals surface area contributed by atoms with Gasteiger partial charge in [0.15, 0.2) is 0 Å². The lowest BCUT2D eigenvalue weighted by atomic mass is 10.1. The van der Waals surface area contributed by atoms with E-state index in [-0.39, 0.29) is 5.91 Å². The van der Waals surface area contributed by atoms with Gasteiger partial charge in [0.2, 0.25) is 5.91 Å². The molecule has 5 nitrogen and oxygen atoms in total. The first kappa shape index (κ1) is 16.4. The predicted octanol–water partition coefficient (Wildman–Crippen LogP) is 3.36. The lowest BCUT2D eigenvalue weighted by Gasteiger charge is -2.09. The highest BCUT2D eigenvalue weighted by Gasteiger charge is 2.06. The number of rotatable bonds is 6. The van der Waals surface area contributed by atoms with Crippen molar-refractivity contribution in [2.75, 3.05) is 26.6 Å². The molecular weight excluding hydrogens is 294 g/mol. The highest BCUT2D eigenvalue weighted by atomic mass is 16.5. The van der Waals surface area contributed by atoms with Crippen LogP contribution >= 0.6 is 0 Å². The molecule has 0 aliphatic heterocycles. The van der Waals surface area contributed by atoms with Crippen molar-refractivity contribution in [1.82, 2.24) is 0 Å². The molecule has 0 fully saturated rings. The molecule has 0 spiro atoms. The lowest BCUT2D eigenvalue weighted by Crippen LogP contribution is -2.08. The van der Waals surface area contributed by atoms with Gasteiger partial charge >= 0.3 is 0 Å². The van der Waals surface area contributed by atoms with Crippen LogP contribution in [0.1, 0.15) is 5.56 Å². The number of amides is 1. The predicted molar refractivity (Wildman–Crippen MR) is 90.2 cm³/mol. The van der Waals surface area contributed by atoms with Crippen molar-refractivity contribution in [1.29, 1.82) is 0 Å². The molecule has 0 unspecified atom stereocenters. The SMILES string of the molecule is COc1ccc(OC)c(/C=C/C(=O)Nc2ccccc2OC)c1. The van der Waals surface area contributed by atoms with E-state index in [1.165, 1.54) is 6.08 Å². The Bertz CT molecular complexity index is 710. The minimum atomic E-state index is -0.264. The molecule has 0 saturated heterocycles. The van der Waals surface area contributed by atoms with E-state index in [9.17, 15) is 4.79 Å². The molecule has 120 valence electrons. The number of carbonyl (C=O) groups is 1. The average Bonchev–Trinajstić information content (AvgIpc) is 2.60. The van der Waals surface area contributed by atoms with Crippen molar-refractivity contribution in [2.24, 2.45) is 0 Å². The molecular formula is C18H19NO4. The van der Waals surface area contributed by atoms with E-state index in [4.69, 9.17) is 14.2 Å². The molecule has 0 atom stereocenters. The highest BCUT2D eigenvalue weighted by molar-refractivity contribution is 6.02. The number of nitrogens with one attached hydrogen (secondary N) is 1. The van der Waals surface area contributed by atoms with Crippen LogP contribution in [0.25, 0.3) is 6.08 Å². The van der Waals surface area contributed by atoms with Crippen LogP contribution in [-0.2, 0) is 4.79 Å². The molecule has 1 N–H and O–H groups in total. The molecule has 2 rings (SSSR count). The van der Waals surface area contributed by atoms with Crippen molar-refractivity contribution in [2.45, 2.75) is 0 Å². The van der Waals surface area contributed by atoms with Gasteiger partial charge in [0.05, 0.1) is 27.0 Å². The third kappa shape index (κ3) is 4.26. The van der Waals surface area contributed by atoms with Gasteiger partial charge in [-0.1, -0.05) is 12.1 Å². The Kier molecular flexibility index (Phi) is 5.63. The molecule has 23 heavy (non-hydrogen) atoms. The second-order valence-corrected chi connectivity index (χ2v) is 4.63. The number of benzene rings is 2. The minimum Gasteiger partial charge on any atom is -0.497 e. The maximum atomic E-state index is 12.1. The third-order valence-corrected chi connectivity index (χ3v) is 3.22. The van der Waals surface area contributed by atoms with Crippen LogP contribution in [0.2, 0.25) is 0 Å². The summed E-state index contributed by atoms with van der Waals surface area (Å²) in [7, 11) is 4.72. The Morgan fingerprint density at radius 1 is 0.957 bits per heavy atom. The largest absolute Gasteiger partial charge is 0.497 e. The van der Waals surface area contributed by atoms with Crippen LogP contribution in [0.15, 0.2) is 48.5 Å². The second-order valence-electron chi connectivity index (χ2n) is 4.63. The molecule has 2 aromatic rings. The summed E-state index contributed by atoms with van der Waals surface area (Å²) in [6, 6.07) is 12.6. The summed E-state index contributed by atoms with van der Waals surface area (Å²) in [5.41, 5.74) is 1.37. The Hall–Kier alpha value is -2.95. The van der Waals surface area contributed by atoms with Crippen molar-refractivity contribution in [3.05, 3.63) is 54.1 Å². The molecule has 2 aromatic carbocycles. The molecule has 1 amide bonds. The van der Waals surface area contributed by atoms with Gasteiger partial charge in [-0.05, 0) is 36.4 Å². The molecule has 0 radical (unpaired) electrons. The fraction of sp³-hybridized carbons (Fsp3) is 0.167. The number of methoxy groups -OCH3 is 3. The molecule has 0 aliphatic carbocycles. The van der Waals surface area contributed by atoms with E-state index in [0.717, 1.165) is 5.56 Å². The summed E-state index contributed by atoms with van der Waals surface area (Å²) in [4.78, 5) is 12.1. The van der Waals surface area contributed by atoms with Gasteiger partial charge in [0.25, 0.3) is 0 Å². The van der Waals surface area contributed by atoms with Gasteiger partial charge in [-0.15, -0.1) is 0 Å². The normalized spacial score (nSPS) is 10.4. The molecule has 0 saturated carbocycles. The smallest absolute Gasteiger partial charge is 0.248 e. The Balaban J connectivity index is 2.15. The molecule has 0 aromatic heterocycles. The quantitative estimate of drug-likeness (QED) is 0.831. The monoisotopic (exact) mass is 313 g/mol. The molecule has 5 heteroatoms. The lowest BCUT2D eigenvalue weighted by molar-refractivity contribution is -0.111. The zero-order valence-electron chi connectivity index (χ0n) is 13.3. The number of hydrogen-bond donors (Lipinski definition) is 1. The topological polar surface area (TPSA) is 56.8 Å².